The second kappa shape index (κ2) is 5.21. The molecule has 2 aromatic heterocycles. The van der Waals surface area contributed by atoms with E-state index in [1.165, 1.54) is 13.3 Å². The van der Waals surface area contributed by atoms with E-state index in [-0.39, 0.29) is 5.82 Å². The Morgan fingerprint density at radius 1 is 1.50 bits per heavy atom. The van der Waals surface area contributed by atoms with E-state index in [4.69, 9.17) is 4.52 Å². The second-order valence-electron chi connectivity index (χ2n) is 3.34. The number of nitrogens with one attached hydrogen (secondary N) is 1. The summed E-state index contributed by atoms with van der Waals surface area (Å²) in [6, 6.07) is 1.62. The zero-order chi connectivity index (χ0) is 13.0. The molecule has 8 heteroatoms. The number of hydrogen-bond donors (Lipinski definition) is 1. The lowest BCUT2D eigenvalue weighted by atomic mass is 10.5. The summed E-state index contributed by atoms with van der Waals surface area (Å²) in [4.78, 5) is 23.0. The van der Waals surface area contributed by atoms with E-state index in [1.807, 2.05) is 0 Å². The topological polar surface area (TPSA) is 103 Å². The Bertz CT molecular complexity index is 554. The minimum Gasteiger partial charge on any atom is -0.463 e. The highest BCUT2D eigenvalue weighted by Gasteiger charge is 2.09. The number of esters is 1. The third-order valence-corrected chi connectivity index (χ3v) is 2.02. The Balaban J connectivity index is 2.03. The fourth-order valence-corrected chi connectivity index (χ4v) is 1.23. The minimum absolute atomic E-state index is 0.00760. The van der Waals surface area contributed by atoms with Crippen LogP contribution in [0.3, 0.4) is 0 Å². The summed E-state index contributed by atoms with van der Waals surface area (Å²) in [7, 11) is 1.27. The summed E-state index contributed by atoms with van der Waals surface area (Å²) in [5.41, 5.74) is 0. The zero-order valence-electron chi connectivity index (χ0n) is 9.88. The average Bonchev–Trinajstić information content (AvgIpc) is 2.81. The molecular formula is C10H11N5O3. The maximum atomic E-state index is 11.2. The number of anilines is 1. The minimum atomic E-state index is -0.589. The van der Waals surface area contributed by atoms with Gasteiger partial charge in [-0.1, -0.05) is 5.16 Å². The maximum absolute atomic E-state index is 11.2. The number of rotatable bonds is 4. The van der Waals surface area contributed by atoms with Crippen molar-refractivity contribution in [3.05, 3.63) is 29.8 Å². The van der Waals surface area contributed by atoms with Crippen molar-refractivity contribution in [1.29, 1.82) is 0 Å². The molecule has 2 aromatic rings. The summed E-state index contributed by atoms with van der Waals surface area (Å²) in [6.45, 7) is 2.05. The molecule has 0 saturated carbocycles. The molecule has 1 N–H and O–H groups in total. The average molecular weight is 249 g/mol. The molecule has 8 nitrogen and oxygen atoms in total. The molecule has 0 bridgehead atoms. The van der Waals surface area contributed by atoms with Gasteiger partial charge in [-0.15, -0.1) is 0 Å². The Morgan fingerprint density at radius 3 is 3.00 bits per heavy atom. The first-order valence-corrected chi connectivity index (χ1v) is 5.13. The van der Waals surface area contributed by atoms with Crippen molar-refractivity contribution < 1.29 is 14.1 Å². The van der Waals surface area contributed by atoms with E-state index in [1.54, 1.807) is 13.0 Å². The number of ether oxygens (including phenoxy) is 1. The van der Waals surface area contributed by atoms with Gasteiger partial charge in [0.15, 0.2) is 5.82 Å². The van der Waals surface area contributed by atoms with Crippen molar-refractivity contribution in [2.45, 2.75) is 13.5 Å². The molecule has 94 valence electrons. The van der Waals surface area contributed by atoms with Crippen LogP contribution in [0.1, 0.15) is 22.3 Å². The van der Waals surface area contributed by atoms with E-state index < -0.39 is 5.97 Å². The van der Waals surface area contributed by atoms with Gasteiger partial charge in [-0.2, -0.15) is 4.98 Å². The molecule has 18 heavy (non-hydrogen) atoms. The predicted octanol–water partition coefficient (Wildman–Crippen LogP) is 0.567. The van der Waals surface area contributed by atoms with Gasteiger partial charge in [0.25, 0.3) is 0 Å². The largest absolute Gasteiger partial charge is 0.463 e. The zero-order valence-corrected chi connectivity index (χ0v) is 9.88. The van der Waals surface area contributed by atoms with Gasteiger partial charge in [0.1, 0.15) is 5.82 Å². The Morgan fingerprint density at radius 2 is 2.33 bits per heavy atom. The first-order chi connectivity index (χ1) is 8.69. The van der Waals surface area contributed by atoms with Crippen LogP contribution in [-0.2, 0) is 11.3 Å². The van der Waals surface area contributed by atoms with Gasteiger partial charge in [-0.25, -0.2) is 14.8 Å². The standard InChI is InChI=1S/C10H11N5O3/c1-6-13-8(15-18-6)5-12-7-3-4-11-9(14-7)10(16)17-2/h3-4H,5H2,1-2H3,(H,11,12,14). The highest BCUT2D eigenvalue weighted by molar-refractivity contribution is 5.85. The van der Waals surface area contributed by atoms with Crippen LogP contribution in [0.5, 0.6) is 0 Å². The molecule has 0 fully saturated rings. The van der Waals surface area contributed by atoms with Crippen molar-refractivity contribution in [2.75, 3.05) is 12.4 Å². The quantitative estimate of drug-likeness (QED) is 0.784. The van der Waals surface area contributed by atoms with Gasteiger partial charge in [0, 0.05) is 13.1 Å². The van der Waals surface area contributed by atoms with E-state index in [0.29, 0.717) is 24.1 Å². The van der Waals surface area contributed by atoms with Gasteiger partial charge in [-0.05, 0) is 6.07 Å². The van der Waals surface area contributed by atoms with Gasteiger partial charge in [-0.3, -0.25) is 0 Å². The van der Waals surface area contributed by atoms with E-state index in [0.717, 1.165) is 0 Å². The van der Waals surface area contributed by atoms with Crippen LogP contribution >= 0.6 is 0 Å². The van der Waals surface area contributed by atoms with Crippen LogP contribution < -0.4 is 5.32 Å². The van der Waals surface area contributed by atoms with Crippen molar-refractivity contribution in [3.63, 3.8) is 0 Å². The molecule has 0 aliphatic rings. The number of hydrogen-bond acceptors (Lipinski definition) is 8. The Kier molecular flexibility index (Phi) is 3.46. The second-order valence-corrected chi connectivity index (χ2v) is 3.34. The summed E-state index contributed by atoms with van der Waals surface area (Å²) >= 11 is 0. The molecule has 0 unspecified atom stereocenters. The van der Waals surface area contributed by atoms with E-state index in [9.17, 15) is 4.79 Å². The Labute approximate surface area is 102 Å². The number of nitrogens with zero attached hydrogens (tertiary/aromatic N) is 4. The van der Waals surface area contributed by atoms with Gasteiger partial charge in [0.05, 0.1) is 13.7 Å². The third kappa shape index (κ3) is 2.78. The normalized spacial score (nSPS) is 10.1. The smallest absolute Gasteiger partial charge is 0.376 e. The fourth-order valence-electron chi connectivity index (χ4n) is 1.23. The van der Waals surface area contributed by atoms with Crippen LogP contribution in [0.25, 0.3) is 0 Å². The molecular weight excluding hydrogens is 238 g/mol. The number of methoxy groups -OCH3 is 1. The molecule has 2 rings (SSSR count). The van der Waals surface area contributed by atoms with Crippen LogP contribution in [-0.4, -0.2) is 33.2 Å². The number of carbonyl (C=O) groups excluding carboxylic acids is 1. The fraction of sp³-hybridized carbons (Fsp3) is 0.300. The van der Waals surface area contributed by atoms with Crippen LogP contribution in [0, 0.1) is 6.92 Å². The van der Waals surface area contributed by atoms with E-state index >= 15 is 0 Å². The summed E-state index contributed by atoms with van der Waals surface area (Å²) in [6.07, 6.45) is 1.46. The maximum Gasteiger partial charge on any atom is 0.376 e. The van der Waals surface area contributed by atoms with Crippen molar-refractivity contribution in [3.8, 4) is 0 Å². The molecule has 0 aliphatic heterocycles. The highest BCUT2D eigenvalue weighted by Crippen LogP contribution is 2.05. The van der Waals surface area contributed by atoms with Crippen molar-refractivity contribution >= 4 is 11.8 Å². The molecule has 0 spiro atoms. The van der Waals surface area contributed by atoms with Crippen LogP contribution in [0.15, 0.2) is 16.8 Å². The molecule has 2 heterocycles. The number of carbonyl (C=O) groups is 1. The molecule has 0 amide bonds. The van der Waals surface area contributed by atoms with Crippen LogP contribution in [0.4, 0.5) is 5.82 Å². The first-order valence-electron chi connectivity index (χ1n) is 5.13. The number of aryl methyl sites for hydroxylation is 1. The molecule has 0 radical (unpaired) electrons. The SMILES string of the molecule is COC(=O)c1nccc(NCc2noc(C)n2)n1. The van der Waals surface area contributed by atoms with Crippen molar-refractivity contribution in [1.82, 2.24) is 20.1 Å². The summed E-state index contributed by atoms with van der Waals surface area (Å²) in [5.74, 6) is 0.879. The van der Waals surface area contributed by atoms with Gasteiger partial charge >= 0.3 is 5.97 Å². The lowest BCUT2D eigenvalue weighted by Crippen LogP contribution is -2.10. The molecule has 0 saturated heterocycles. The first kappa shape index (κ1) is 12.0. The third-order valence-electron chi connectivity index (χ3n) is 2.02. The predicted molar refractivity (Wildman–Crippen MR) is 59.7 cm³/mol. The number of aromatic nitrogens is 4. The lowest BCUT2D eigenvalue weighted by molar-refractivity contribution is 0.0587. The highest BCUT2D eigenvalue weighted by atomic mass is 16.5. The molecule has 0 atom stereocenters. The van der Waals surface area contributed by atoms with E-state index in [2.05, 4.69) is 30.2 Å². The van der Waals surface area contributed by atoms with Crippen LogP contribution in [0.2, 0.25) is 0 Å². The monoisotopic (exact) mass is 249 g/mol. The molecule has 0 aliphatic carbocycles. The van der Waals surface area contributed by atoms with Gasteiger partial charge in [0.2, 0.25) is 11.7 Å². The van der Waals surface area contributed by atoms with Gasteiger partial charge < -0.3 is 14.6 Å². The Hall–Kier alpha value is -2.51. The summed E-state index contributed by atoms with van der Waals surface area (Å²) < 4.78 is 9.35. The summed E-state index contributed by atoms with van der Waals surface area (Å²) in [5, 5.41) is 6.67. The molecule has 0 aromatic carbocycles. The van der Waals surface area contributed by atoms with Crippen molar-refractivity contribution in [2.24, 2.45) is 0 Å². The lowest BCUT2D eigenvalue weighted by Gasteiger charge is -2.03.